The molecule has 45 heavy (non-hydrogen) atoms. The van der Waals surface area contributed by atoms with Crippen LogP contribution in [0.25, 0.3) is 16.9 Å². The Hall–Kier alpha value is -5.23. The van der Waals surface area contributed by atoms with Gasteiger partial charge in [0.2, 0.25) is 0 Å². The molecule has 0 aliphatic heterocycles. The van der Waals surface area contributed by atoms with E-state index >= 15 is 4.39 Å². The zero-order chi connectivity index (χ0) is 32.5. The van der Waals surface area contributed by atoms with Crippen molar-refractivity contribution in [1.82, 2.24) is 23.9 Å². The van der Waals surface area contributed by atoms with Crippen LogP contribution in [-0.4, -0.2) is 40.4 Å². The zero-order valence-corrected chi connectivity index (χ0v) is 25.1. The number of hydrogen-bond donors (Lipinski definition) is 1. The Balaban J connectivity index is 1.37. The maximum Gasteiger partial charge on any atom is 0.335 e. The highest BCUT2D eigenvalue weighted by molar-refractivity contribution is 5.97. The third kappa shape index (κ3) is 7.13. The molecule has 0 fully saturated rings. The number of ketones is 1. The van der Waals surface area contributed by atoms with Crippen molar-refractivity contribution in [1.29, 1.82) is 0 Å². The zero-order valence-electron chi connectivity index (χ0n) is 25.1. The maximum absolute atomic E-state index is 15.2. The van der Waals surface area contributed by atoms with Crippen molar-refractivity contribution in [3.05, 3.63) is 123 Å². The molecular formula is C33H31F2N5O5. The predicted molar refractivity (Wildman–Crippen MR) is 163 cm³/mol. The summed E-state index contributed by atoms with van der Waals surface area (Å²) in [6.07, 6.45) is 5.74. The molecule has 0 spiro atoms. The van der Waals surface area contributed by atoms with E-state index in [1.165, 1.54) is 41.2 Å². The largest absolute Gasteiger partial charge is 0.454 e. The van der Waals surface area contributed by atoms with Crippen LogP contribution in [0.2, 0.25) is 0 Å². The fourth-order valence-electron chi connectivity index (χ4n) is 4.71. The van der Waals surface area contributed by atoms with Gasteiger partial charge in [-0.3, -0.25) is 23.8 Å². The van der Waals surface area contributed by atoms with Gasteiger partial charge in [-0.1, -0.05) is 6.07 Å². The van der Waals surface area contributed by atoms with Crippen LogP contribution >= 0.6 is 0 Å². The van der Waals surface area contributed by atoms with Crippen molar-refractivity contribution in [2.75, 3.05) is 0 Å². The first kappa shape index (κ1) is 31.2. The van der Waals surface area contributed by atoms with Crippen molar-refractivity contribution in [3.8, 4) is 28.4 Å². The van der Waals surface area contributed by atoms with Gasteiger partial charge in [0.25, 0.3) is 5.56 Å². The van der Waals surface area contributed by atoms with E-state index < -0.39 is 34.3 Å². The Morgan fingerprint density at radius 1 is 1.02 bits per heavy atom. The Labute approximate surface area is 256 Å². The molecule has 3 heterocycles. The van der Waals surface area contributed by atoms with Crippen molar-refractivity contribution in [2.45, 2.75) is 52.3 Å². The number of hydrogen-bond acceptors (Lipinski definition) is 7. The van der Waals surface area contributed by atoms with E-state index in [-0.39, 0.29) is 41.6 Å². The van der Waals surface area contributed by atoms with Crippen LogP contribution in [0.15, 0.2) is 89.0 Å². The lowest BCUT2D eigenvalue weighted by atomic mass is 10.0. The molecule has 5 aromatic rings. The number of aromatic nitrogens is 5. The van der Waals surface area contributed by atoms with E-state index in [0.29, 0.717) is 17.0 Å². The molecule has 10 nitrogen and oxygen atoms in total. The van der Waals surface area contributed by atoms with E-state index in [9.17, 15) is 23.9 Å². The Kier molecular flexibility index (Phi) is 8.60. The summed E-state index contributed by atoms with van der Waals surface area (Å²) in [6.45, 7) is 7.08. The average molecular weight is 616 g/mol. The number of Topliss-reactive ketones (excluding diaryl/α,β-unsaturated/α-hetero) is 1. The number of ether oxygens (including phenoxy) is 1. The number of carbonyl (C=O) groups excluding carboxylic acids is 1. The minimum absolute atomic E-state index is 0.0897. The first-order valence-corrected chi connectivity index (χ1v) is 14.1. The quantitative estimate of drug-likeness (QED) is 0.217. The van der Waals surface area contributed by atoms with Gasteiger partial charge in [-0.05, 0) is 75.7 Å². The van der Waals surface area contributed by atoms with E-state index in [1.54, 1.807) is 56.9 Å². The van der Waals surface area contributed by atoms with Gasteiger partial charge in [-0.2, -0.15) is 5.10 Å². The van der Waals surface area contributed by atoms with Gasteiger partial charge < -0.3 is 9.84 Å². The smallest absolute Gasteiger partial charge is 0.335 e. The molecule has 0 atom stereocenters. The van der Waals surface area contributed by atoms with Gasteiger partial charge in [0.05, 0.1) is 29.7 Å². The number of halogens is 2. The van der Waals surface area contributed by atoms with Gasteiger partial charge in [-0.25, -0.2) is 18.1 Å². The van der Waals surface area contributed by atoms with Gasteiger partial charge in [0.15, 0.2) is 17.3 Å². The minimum atomic E-state index is -0.948. The Bertz CT molecular complexity index is 1990. The maximum atomic E-state index is 15.2. The van der Waals surface area contributed by atoms with Crippen molar-refractivity contribution >= 4 is 5.78 Å². The van der Waals surface area contributed by atoms with Crippen LogP contribution in [0.1, 0.15) is 49.7 Å². The molecule has 3 aromatic heterocycles. The lowest BCUT2D eigenvalue weighted by Gasteiger charge is -2.16. The first-order valence-electron chi connectivity index (χ1n) is 14.1. The third-order valence-electron chi connectivity index (χ3n) is 6.85. The Morgan fingerprint density at radius 3 is 2.42 bits per heavy atom. The molecule has 0 saturated carbocycles. The lowest BCUT2D eigenvalue weighted by molar-refractivity contribution is 0.0577. The summed E-state index contributed by atoms with van der Waals surface area (Å²) in [5.74, 6) is -1.67. The summed E-state index contributed by atoms with van der Waals surface area (Å²) >= 11 is 0. The van der Waals surface area contributed by atoms with Gasteiger partial charge in [0.1, 0.15) is 17.1 Å². The minimum Gasteiger partial charge on any atom is -0.454 e. The van der Waals surface area contributed by atoms with Crippen molar-refractivity contribution in [2.24, 2.45) is 0 Å². The average Bonchev–Trinajstić information content (AvgIpc) is 3.42. The molecule has 0 radical (unpaired) electrons. The molecule has 2 aromatic carbocycles. The molecule has 0 unspecified atom stereocenters. The topological polar surface area (TPSA) is 121 Å². The highest BCUT2D eigenvalue weighted by Gasteiger charge is 2.21. The fourth-order valence-corrected chi connectivity index (χ4v) is 4.71. The summed E-state index contributed by atoms with van der Waals surface area (Å²) in [4.78, 5) is 44.0. The van der Waals surface area contributed by atoms with Gasteiger partial charge in [0, 0.05) is 42.7 Å². The molecule has 232 valence electrons. The number of benzene rings is 2. The molecule has 1 N–H and O–H groups in total. The molecule has 5 rings (SSSR count). The van der Waals surface area contributed by atoms with Crippen LogP contribution in [0, 0.1) is 11.6 Å². The van der Waals surface area contributed by atoms with Crippen LogP contribution in [0.4, 0.5) is 8.78 Å². The fraction of sp³-hybridized carbons (Fsp3) is 0.242. The monoisotopic (exact) mass is 615 g/mol. The first-order chi connectivity index (χ1) is 21.3. The van der Waals surface area contributed by atoms with Crippen LogP contribution in [0.3, 0.4) is 0 Å². The van der Waals surface area contributed by atoms with Gasteiger partial charge in [-0.15, -0.1) is 0 Å². The SMILES string of the molecule is CC(C)n1cc(C(=O)Cc2ccc(Oc3ccnc(-c4cnn(CC(C)(C)O)c4)c3)c(F)c2)c(=O)n(-c2ccc(F)cc2)c1=O. The highest BCUT2D eigenvalue weighted by atomic mass is 19.1. The molecule has 0 saturated heterocycles. The van der Waals surface area contributed by atoms with Crippen molar-refractivity contribution in [3.63, 3.8) is 0 Å². The lowest BCUT2D eigenvalue weighted by Crippen LogP contribution is -2.42. The van der Waals surface area contributed by atoms with Crippen molar-refractivity contribution < 1.29 is 23.4 Å². The Morgan fingerprint density at radius 2 is 1.76 bits per heavy atom. The van der Waals surface area contributed by atoms with Gasteiger partial charge >= 0.3 is 5.69 Å². The second-order valence-electron chi connectivity index (χ2n) is 11.5. The van der Waals surface area contributed by atoms with E-state index in [2.05, 4.69) is 10.1 Å². The third-order valence-corrected chi connectivity index (χ3v) is 6.85. The van der Waals surface area contributed by atoms with E-state index in [1.807, 2.05) is 0 Å². The van der Waals surface area contributed by atoms with Crippen LogP contribution in [-0.2, 0) is 13.0 Å². The number of pyridine rings is 1. The van der Waals surface area contributed by atoms with Crippen LogP contribution in [0.5, 0.6) is 11.5 Å². The summed E-state index contributed by atoms with van der Waals surface area (Å²) in [5, 5.41) is 14.3. The highest BCUT2D eigenvalue weighted by Crippen LogP contribution is 2.28. The summed E-state index contributed by atoms with van der Waals surface area (Å²) < 4.78 is 38.1. The second-order valence-corrected chi connectivity index (χ2v) is 11.5. The second kappa shape index (κ2) is 12.4. The summed E-state index contributed by atoms with van der Waals surface area (Å²) in [5.41, 5.74) is -1.12. The number of carbonyl (C=O) groups is 1. The number of rotatable bonds is 10. The molecule has 0 aliphatic carbocycles. The number of aliphatic hydroxyl groups is 1. The summed E-state index contributed by atoms with van der Waals surface area (Å²) in [7, 11) is 0. The molecule has 0 aliphatic rings. The molecular weight excluding hydrogens is 584 g/mol. The normalized spacial score (nSPS) is 11.6. The standard InChI is InChI=1S/C33H31F2N5O5/c1-20(2)39-18-26(31(42)40(32(39)43)24-8-6-23(34)7-9-24)29(41)14-21-5-10-30(27(35)13-21)45-25-11-12-36-28(15-25)22-16-37-38(17-22)19-33(3,4)44/h5-13,15-18,20,44H,14,19H2,1-4H3. The number of nitrogens with zero attached hydrogens (tertiary/aromatic N) is 5. The van der Waals surface area contributed by atoms with E-state index in [0.717, 1.165) is 22.8 Å². The van der Waals surface area contributed by atoms with Crippen LogP contribution < -0.4 is 16.0 Å². The predicted octanol–water partition coefficient (Wildman–Crippen LogP) is 5.11. The summed E-state index contributed by atoms with van der Waals surface area (Å²) in [6, 6.07) is 11.6. The molecule has 0 bridgehead atoms. The molecule has 12 heteroatoms. The molecule has 0 amide bonds. The van der Waals surface area contributed by atoms with E-state index in [4.69, 9.17) is 4.74 Å².